The van der Waals surface area contributed by atoms with E-state index in [2.05, 4.69) is 6.58 Å². The zero-order valence-electron chi connectivity index (χ0n) is 9.58. The number of nitrogens with zero attached hydrogens (tertiary/aromatic N) is 1. The van der Waals surface area contributed by atoms with Crippen LogP contribution in [0.5, 0.6) is 0 Å². The van der Waals surface area contributed by atoms with Gasteiger partial charge in [-0.3, -0.25) is 10.1 Å². The molecule has 1 aromatic rings. The third kappa shape index (κ3) is 2.44. The van der Waals surface area contributed by atoms with Gasteiger partial charge in [0, 0.05) is 18.9 Å². The standard InChI is InChI=1S/C12H8F3NO3/c1-6-2-3-11(16(17)18)12(19-6)7-4-9(14)10(15)5-8(7)13/h4-5H,1-3H2. The molecule has 0 amide bonds. The van der Waals surface area contributed by atoms with E-state index in [-0.39, 0.29) is 18.6 Å². The average molecular weight is 271 g/mol. The highest BCUT2D eigenvalue weighted by Gasteiger charge is 2.30. The Balaban J connectivity index is 2.63. The highest BCUT2D eigenvalue weighted by atomic mass is 19.2. The minimum atomic E-state index is -1.38. The molecular weight excluding hydrogens is 263 g/mol. The Morgan fingerprint density at radius 2 is 1.79 bits per heavy atom. The van der Waals surface area contributed by atoms with Crippen LogP contribution < -0.4 is 0 Å². The van der Waals surface area contributed by atoms with Crippen molar-refractivity contribution in [3.63, 3.8) is 0 Å². The highest BCUT2D eigenvalue weighted by molar-refractivity contribution is 5.64. The summed E-state index contributed by atoms with van der Waals surface area (Å²) in [6.45, 7) is 3.48. The first-order valence-electron chi connectivity index (χ1n) is 5.28. The second-order valence-electron chi connectivity index (χ2n) is 3.92. The van der Waals surface area contributed by atoms with E-state index in [1.165, 1.54) is 0 Å². The fourth-order valence-corrected chi connectivity index (χ4v) is 1.71. The van der Waals surface area contributed by atoms with E-state index in [4.69, 9.17) is 4.74 Å². The maximum atomic E-state index is 13.6. The molecule has 0 radical (unpaired) electrons. The Labute approximate surface area is 105 Å². The largest absolute Gasteiger partial charge is 0.455 e. The molecule has 0 bridgehead atoms. The molecule has 0 aliphatic carbocycles. The van der Waals surface area contributed by atoms with Gasteiger partial charge in [-0.25, -0.2) is 13.2 Å². The Bertz CT molecular complexity index is 610. The number of rotatable bonds is 2. The minimum absolute atomic E-state index is 0.0143. The summed E-state index contributed by atoms with van der Waals surface area (Å²) in [5.74, 6) is -4.06. The Kier molecular flexibility index (Phi) is 3.28. The molecule has 1 aromatic carbocycles. The molecule has 7 heteroatoms. The van der Waals surface area contributed by atoms with Crippen LogP contribution >= 0.6 is 0 Å². The lowest BCUT2D eigenvalue weighted by Gasteiger charge is -2.18. The van der Waals surface area contributed by atoms with E-state index in [9.17, 15) is 23.3 Å². The highest BCUT2D eigenvalue weighted by Crippen LogP contribution is 2.34. The van der Waals surface area contributed by atoms with Gasteiger partial charge in [0.25, 0.3) is 5.70 Å². The van der Waals surface area contributed by atoms with Crippen LogP contribution in [0.25, 0.3) is 5.76 Å². The van der Waals surface area contributed by atoms with Gasteiger partial charge in [-0.1, -0.05) is 6.58 Å². The SMILES string of the molecule is C=C1CCC([N+](=O)[O-])=C(c2cc(F)c(F)cc2F)O1. The van der Waals surface area contributed by atoms with Crippen molar-refractivity contribution in [1.82, 2.24) is 0 Å². The van der Waals surface area contributed by atoms with E-state index in [0.717, 1.165) is 0 Å². The Morgan fingerprint density at radius 1 is 1.16 bits per heavy atom. The second kappa shape index (κ2) is 4.75. The summed E-state index contributed by atoms with van der Waals surface area (Å²) in [4.78, 5) is 10.1. The van der Waals surface area contributed by atoms with Crippen LogP contribution in [0.4, 0.5) is 13.2 Å². The molecule has 1 aliphatic rings. The summed E-state index contributed by atoms with van der Waals surface area (Å²) in [6, 6.07) is 0.845. The van der Waals surface area contributed by atoms with Crippen molar-refractivity contribution in [1.29, 1.82) is 0 Å². The quantitative estimate of drug-likeness (QED) is 0.470. The van der Waals surface area contributed by atoms with Crippen LogP contribution in [0.15, 0.2) is 30.2 Å². The van der Waals surface area contributed by atoms with E-state index in [1.54, 1.807) is 0 Å². The van der Waals surface area contributed by atoms with Crippen LogP contribution in [-0.2, 0) is 4.74 Å². The van der Waals surface area contributed by atoms with Crippen molar-refractivity contribution in [3.8, 4) is 0 Å². The molecule has 19 heavy (non-hydrogen) atoms. The van der Waals surface area contributed by atoms with Gasteiger partial charge in [0.05, 0.1) is 16.2 Å². The van der Waals surface area contributed by atoms with Crippen LogP contribution in [0.3, 0.4) is 0 Å². The van der Waals surface area contributed by atoms with Crippen molar-refractivity contribution in [3.05, 3.63) is 63.3 Å². The molecule has 0 saturated heterocycles. The topological polar surface area (TPSA) is 52.4 Å². The molecule has 1 aliphatic heterocycles. The molecule has 0 fully saturated rings. The predicted molar refractivity (Wildman–Crippen MR) is 59.7 cm³/mol. The molecule has 2 rings (SSSR count). The Hall–Kier alpha value is -2.31. The summed E-state index contributed by atoms with van der Waals surface area (Å²) in [7, 11) is 0. The number of ether oxygens (including phenoxy) is 1. The maximum absolute atomic E-state index is 13.6. The first-order valence-corrected chi connectivity index (χ1v) is 5.28. The number of hydrogen-bond donors (Lipinski definition) is 0. The van der Waals surface area contributed by atoms with Crippen LogP contribution in [0, 0.1) is 27.6 Å². The van der Waals surface area contributed by atoms with Gasteiger partial charge in [-0.05, 0) is 6.07 Å². The van der Waals surface area contributed by atoms with Crippen LogP contribution in [-0.4, -0.2) is 4.92 Å². The third-order valence-corrected chi connectivity index (χ3v) is 2.62. The first kappa shape index (κ1) is 13.1. The maximum Gasteiger partial charge on any atom is 0.289 e. The van der Waals surface area contributed by atoms with Gasteiger partial charge < -0.3 is 4.74 Å². The summed E-state index contributed by atoms with van der Waals surface area (Å²) in [5, 5.41) is 10.9. The van der Waals surface area contributed by atoms with Gasteiger partial charge in [0.15, 0.2) is 11.6 Å². The number of halogens is 3. The monoisotopic (exact) mass is 271 g/mol. The Morgan fingerprint density at radius 3 is 2.42 bits per heavy atom. The predicted octanol–water partition coefficient (Wildman–Crippen LogP) is 3.37. The fourth-order valence-electron chi connectivity index (χ4n) is 1.71. The summed E-state index contributed by atoms with van der Waals surface area (Å²) in [6.07, 6.45) is 0.199. The van der Waals surface area contributed by atoms with Gasteiger partial charge in [-0.2, -0.15) is 0 Å². The molecule has 0 aromatic heterocycles. The number of nitro groups is 1. The summed E-state index contributed by atoms with van der Waals surface area (Å²) >= 11 is 0. The molecule has 1 heterocycles. The van der Waals surface area contributed by atoms with Gasteiger partial charge in [-0.15, -0.1) is 0 Å². The zero-order chi connectivity index (χ0) is 14.2. The lowest BCUT2D eigenvalue weighted by atomic mass is 10.1. The van der Waals surface area contributed by atoms with Gasteiger partial charge in [0.2, 0.25) is 5.76 Å². The number of benzene rings is 1. The van der Waals surface area contributed by atoms with E-state index in [1.807, 2.05) is 0 Å². The van der Waals surface area contributed by atoms with Gasteiger partial charge in [0.1, 0.15) is 5.82 Å². The minimum Gasteiger partial charge on any atom is -0.455 e. The van der Waals surface area contributed by atoms with Crippen molar-refractivity contribution >= 4 is 5.76 Å². The summed E-state index contributed by atoms with van der Waals surface area (Å²) < 4.78 is 44.6. The van der Waals surface area contributed by atoms with E-state index >= 15 is 0 Å². The molecule has 0 spiro atoms. The lowest BCUT2D eigenvalue weighted by Crippen LogP contribution is -2.12. The smallest absolute Gasteiger partial charge is 0.289 e. The van der Waals surface area contributed by atoms with Crippen LogP contribution in [0.1, 0.15) is 18.4 Å². The summed E-state index contributed by atoms with van der Waals surface area (Å²) in [5.41, 5.74) is -0.885. The second-order valence-corrected chi connectivity index (χ2v) is 3.92. The van der Waals surface area contributed by atoms with Crippen molar-refractivity contribution in [2.45, 2.75) is 12.8 Å². The van der Waals surface area contributed by atoms with Crippen molar-refractivity contribution in [2.24, 2.45) is 0 Å². The fraction of sp³-hybridized carbons (Fsp3) is 0.167. The molecule has 100 valence electrons. The van der Waals surface area contributed by atoms with E-state index in [0.29, 0.717) is 12.1 Å². The molecule has 0 atom stereocenters. The van der Waals surface area contributed by atoms with Crippen molar-refractivity contribution in [2.75, 3.05) is 0 Å². The third-order valence-electron chi connectivity index (χ3n) is 2.62. The van der Waals surface area contributed by atoms with Crippen LogP contribution in [0.2, 0.25) is 0 Å². The zero-order valence-corrected chi connectivity index (χ0v) is 9.58. The molecular formula is C12H8F3NO3. The average Bonchev–Trinajstić information content (AvgIpc) is 2.33. The molecule has 0 unspecified atom stereocenters. The molecule has 0 N–H and O–H groups in total. The van der Waals surface area contributed by atoms with E-state index < -0.39 is 39.4 Å². The number of hydrogen-bond acceptors (Lipinski definition) is 3. The first-order chi connectivity index (χ1) is 8.90. The molecule has 4 nitrogen and oxygen atoms in total. The van der Waals surface area contributed by atoms with Crippen molar-refractivity contribution < 1.29 is 22.8 Å². The number of allylic oxidation sites excluding steroid dienone is 2. The normalized spacial score (nSPS) is 15.4. The molecule has 0 saturated carbocycles. The lowest BCUT2D eigenvalue weighted by molar-refractivity contribution is -0.428. The van der Waals surface area contributed by atoms with Gasteiger partial charge >= 0.3 is 0 Å².